The molecule has 2 aliphatic rings. The second kappa shape index (κ2) is 5.88. The molecule has 0 unspecified atom stereocenters. The van der Waals surface area contributed by atoms with Crippen LogP contribution in [0.4, 0.5) is 20.6 Å². The van der Waals surface area contributed by atoms with Crippen molar-refractivity contribution in [2.24, 2.45) is 0 Å². The molecule has 1 amide bonds. The molecule has 0 aromatic heterocycles. The fraction of sp³-hybridized carbons (Fsp3) is 0.429. The maximum Gasteiger partial charge on any atom is 0.415 e. The molecule has 2 heterocycles. The average Bonchev–Trinajstić information content (AvgIpc) is 2.89. The van der Waals surface area contributed by atoms with Crippen LogP contribution in [0.3, 0.4) is 0 Å². The molecule has 0 radical (unpaired) electrons. The number of carbonyl (C=O) groups is 1. The van der Waals surface area contributed by atoms with E-state index in [4.69, 9.17) is 10.00 Å². The van der Waals surface area contributed by atoms with Crippen LogP contribution in [-0.4, -0.2) is 52.4 Å². The Hall–Kier alpha value is -2.02. The van der Waals surface area contributed by atoms with Gasteiger partial charge in [-0.05, 0) is 18.2 Å². The Balaban J connectivity index is 1.77. The van der Waals surface area contributed by atoms with Crippen LogP contribution in [0, 0.1) is 17.1 Å². The van der Waals surface area contributed by atoms with Crippen LogP contribution < -0.4 is 9.80 Å². The van der Waals surface area contributed by atoms with Crippen LogP contribution in [0.25, 0.3) is 0 Å². The van der Waals surface area contributed by atoms with Gasteiger partial charge in [0.1, 0.15) is 11.9 Å². The monoisotopic (exact) mass is 341 g/mol. The first-order chi connectivity index (χ1) is 10.9. The van der Waals surface area contributed by atoms with E-state index in [9.17, 15) is 18.3 Å². The minimum absolute atomic E-state index is 0.0682. The highest BCUT2D eigenvalue weighted by atomic mass is 32.3. The zero-order valence-electron chi connectivity index (χ0n) is 12.2. The lowest BCUT2D eigenvalue weighted by Gasteiger charge is -2.42. The molecule has 0 aliphatic carbocycles. The van der Waals surface area contributed by atoms with Gasteiger partial charge in [-0.15, -0.1) is 0 Å². The van der Waals surface area contributed by atoms with Crippen LogP contribution >= 0.6 is 10.6 Å². The predicted molar refractivity (Wildman–Crippen MR) is 84.4 cm³/mol. The number of hydrogen-bond acceptors (Lipinski definition) is 6. The summed E-state index contributed by atoms with van der Waals surface area (Å²) in [4.78, 5) is 14.6. The molecule has 1 aromatic carbocycles. The molecule has 124 valence electrons. The number of nitriles is 1. The number of nitrogens with zero attached hydrogens (tertiary/aromatic N) is 3. The SMILES string of the molecule is N#C[C@H]1CN(c2ccc(N3CCS(O)(O)CC3)c(F)c2)C(=O)O1. The Kier molecular flexibility index (Phi) is 4.06. The highest BCUT2D eigenvalue weighted by Crippen LogP contribution is 2.41. The van der Waals surface area contributed by atoms with E-state index >= 15 is 0 Å². The summed E-state index contributed by atoms with van der Waals surface area (Å²) in [6.07, 6.45) is -1.52. The van der Waals surface area contributed by atoms with Crippen molar-refractivity contribution in [1.29, 1.82) is 5.26 Å². The van der Waals surface area contributed by atoms with Gasteiger partial charge in [-0.1, -0.05) is 0 Å². The number of hydrogen-bond donors (Lipinski definition) is 2. The van der Waals surface area contributed by atoms with Crippen LogP contribution in [0.1, 0.15) is 0 Å². The van der Waals surface area contributed by atoms with E-state index in [0.29, 0.717) is 24.5 Å². The van der Waals surface area contributed by atoms with Gasteiger partial charge >= 0.3 is 6.09 Å². The molecular weight excluding hydrogens is 325 g/mol. The number of ether oxygens (including phenoxy) is 1. The van der Waals surface area contributed by atoms with Gasteiger partial charge in [-0.25, -0.2) is 9.18 Å². The Labute approximate surface area is 134 Å². The van der Waals surface area contributed by atoms with Gasteiger partial charge in [-0.3, -0.25) is 14.0 Å². The van der Waals surface area contributed by atoms with E-state index in [0.717, 1.165) is 0 Å². The molecule has 2 N–H and O–H groups in total. The number of carbonyl (C=O) groups excluding carboxylic acids is 1. The van der Waals surface area contributed by atoms with Crippen molar-refractivity contribution >= 4 is 28.1 Å². The first-order valence-corrected chi connectivity index (χ1v) is 8.94. The summed E-state index contributed by atoms with van der Waals surface area (Å²) in [7, 11) is -2.54. The Bertz CT molecular complexity index is 668. The molecule has 23 heavy (non-hydrogen) atoms. The number of cyclic esters (lactones) is 1. The first kappa shape index (κ1) is 15.9. The standard InChI is InChI=1S/C14H16FN3O4S/c15-12-7-10(18-9-11(8-16)22-14(18)19)1-2-13(12)17-3-5-23(20,21)6-4-17/h1-2,7,11,20-21H,3-6,9H2/t11-/m0/s1. The lowest BCUT2D eigenvalue weighted by molar-refractivity contribution is 0.162. The molecule has 0 spiro atoms. The van der Waals surface area contributed by atoms with E-state index in [2.05, 4.69) is 0 Å². The molecule has 1 aromatic rings. The minimum Gasteiger partial charge on any atom is -0.428 e. The van der Waals surface area contributed by atoms with E-state index in [1.54, 1.807) is 17.0 Å². The van der Waals surface area contributed by atoms with E-state index in [-0.39, 0.29) is 18.1 Å². The molecular formula is C14H16FN3O4S. The lowest BCUT2D eigenvalue weighted by atomic mass is 10.2. The summed E-state index contributed by atoms with van der Waals surface area (Å²) in [5, 5.41) is 8.79. The minimum atomic E-state index is -2.54. The van der Waals surface area contributed by atoms with Gasteiger partial charge in [0.05, 0.1) is 29.4 Å². The largest absolute Gasteiger partial charge is 0.428 e. The third-order valence-corrected chi connectivity index (χ3v) is 5.59. The van der Waals surface area contributed by atoms with Crippen molar-refractivity contribution in [3.8, 4) is 6.07 Å². The molecule has 2 fully saturated rings. The van der Waals surface area contributed by atoms with Crippen LogP contribution in [0.5, 0.6) is 0 Å². The van der Waals surface area contributed by atoms with Gasteiger partial charge in [0, 0.05) is 13.1 Å². The van der Waals surface area contributed by atoms with E-state index < -0.39 is 28.6 Å². The predicted octanol–water partition coefficient (Wildman–Crippen LogP) is 2.25. The van der Waals surface area contributed by atoms with Gasteiger partial charge in [0.25, 0.3) is 0 Å². The van der Waals surface area contributed by atoms with Gasteiger partial charge in [0.2, 0.25) is 6.10 Å². The number of anilines is 2. The fourth-order valence-corrected chi connectivity index (χ4v) is 3.86. The maximum absolute atomic E-state index is 14.4. The summed E-state index contributed by atoms with van der Waals surface area (Å²) < 4.78 is 38.4. The lowest BCUT2D eigenvalue weighted by Crippen LogP contribution is -2.38. The molecule has 9 heteroatoms. The Morgan fingerprint density at radius 1 is 1.35 bits per heavy atom. The summed E-state index contributed by atoms with van der Waals surface area (Å²) >= 11 is 0. The average molecular weight is 341 g/mol. The van der Waals surface area contributed by atoms with Gasteiger partial charge in [0.15, 0.2) is 0 Å². The van der Waals surface area contributed by atoms with E-state index in [1.807, 2.05) is 6.07 Å². The normalized spacial score (nSPS) is 25.0. The third kappa shape index (κ3) is 3.19. The molecule has 3 rings (SSSR count). The summed E-state index contributed by atoms with van der Waals surface area (Å²) in [5.41, 5.74) is 0.684. The van der Waals surface area contributed by atoms with E-state index in [1.165, 1.54) is 11.0 Å². The molecule has 7 nitrogen and oxygen atoms in total. The fourth-order valence-electron chi connectivity index (χ4n) is 2.63. The number of amides is 1. The first-order valence-electron chi connectivity index (χ1n) is 7.05. The van der Waals surface area contributed by atoms with Crippen molar-refractivity contribution in [3.05, 3.63) is 24.0 Å². The van der Waals surface area contributed by atoms with Gasteiger partial charge in [-0.2, -0.15) is 15.9 Å². The van der Waals surface area contributed by atoms with Crippen LogP contribution in [0.15, 0.2) is 18.2 Å². The second-order valence-corrected chi connectivity index (χ2v) is 7.87. The molecule has 0 saturated carbocycles. The summed E-state index contributed by atoms with van der Waals surface area (Å²) in [5.74, 6) is -0.0680. The van der Waals surface area contributed by atoms with Crippen LogP contribution in [-0.2, 0) is 4.74 Å². The summed E-state index contributed by atoms with van der Waals surface area (Å²) in [6, 6.07) is 6.21. The quantitative estimate of drug-likeness (QED) is 0.856. The third-order valence-electron chi connectivity index (χ3n) is 3.92. The highest BCUT2D eigenvalue weighted by Gasteiger charge is 2.33. The topological polar surface area (TPSA) is 97.0 Å². The second-order valence-electron chi connectivity index (χ2n) is 5.45. The number of rotatable bonds is 2. The Morgan fingerprint density at radius 2 is 2.04 bits per heavy atom. The highest BCUT2D eigenvalue weighted by molar-refractivity contribution is 8.24. The molecule has 1 atom stereocenters. The molecule has 2 saturated heterocycles. The number of halogens is 1. The maximum atomic E-state index is 14.4. The number of benzene rings is 1. The van der Waals surface area contributed by atoms with Crippen molar-refractivity contribution in [1.82, 2.24) is 0 Å². The van der Waals surface area contributed by atoms with Crippen molar-refractivity contribution in [2.45, 2.75) is 6.10 Å². The molecule has 2 aliphatic heterocycles. The summed E-state index contributed by atoms with van der Waals surface area (Å²) in [6.45, 7) is 0.792. The van der Waals surface area contributed by atoms with Crippen LogP contribution in [0.2, 0.25) is 0 Å². The van der Waals surface area contributed by atoms with Crippen molar-refractivity contribution in [2.75, 3.05) is 40.9 Å². The van der Waals surface area contributed by atoms with Crippen molar-refractivity contribution < 1.29 is 23.0 Å². The van der Waals surface area contributed by atoms with Gasteiger partial charge < -0.3 is 9.64 Å². The smallest absolute Gasteiger partial charge is 0.415 e. The zero-order chi connectivity index (χ0) is 16.6. The van der Waals surface area contributed by atoms with Crippen molar-refractivity contribution in [3.63, 3.8) is 0 Å². The Morgan fingerprint density at radius 3 is 2.61 bits per heavy atom. The molecule has 0 bridgehead atoms. The zero-order valence-corrected chi connectivity index (χ0v) is 13.0.